The Bertz CT molecular complexity index is 1160. The Hall–Kier alpha value is -3.54. The Morgan fingerprint density at radius 3 is 2.66 bits per heavy atom. The zero-order chi connectivity index (χ0) is 26.2. The highest BCUT2D eigenvalue weighted by Gasteiger charge is 2.27. The van der Waals surface area contributed by atoms with Crippen molar-refractivity contribution in [2.24, 2.45) is 0 Å². The maximum Gasteiger partial charge on any atom is 0.408 e. The fourth-order valence-electron chi connectivity index (χ4n) is 2.89. The number of carbonyl (C=O) groups is 2. The summed E-state index contributed by atoms with van der Waals surface area (Å²) in [7, 11) is 0. The maximum absolute atomic E-state index is 12.8. The molecule has 0 saturated carbocycles. The number of thiophene rings is 1. The van der Waals surface area contributed by atoms with Gasteiger partial charge in [-0.25, -0.2) is 9.59 Å². The Morgan fingerprint density at radius 2 is 2.03 bits per heavy atom. The van der Waals surface area contributed by atoms with Gasteiger partial charge in [-0.2, -0.15) is 13.2 Å². The quantitative estimate of drug-likeness (QED) is 0.259. The largest absolute Gasteiger partial charge is 0.507 e. The second-order valence-corrected chi connectivity index (χ2v) is 8.63. The summed E-state index contributed by atoms with van der Waals surface area (Å²) in [6.07, 6.45) is -1.36. The SMILES string of the molecule is C/C(=C\c1ccc(OCCC(F)(F)F)s1)C(=O)c1c(O)cc(C(C)CC/C=C/NC(=O)O)oc1=O. The Kier molecular flexibility index (Phi) is 9.69. The van der Waals surface area contributed by atoms with E-state index in [-0.39, 0.29) is 22.3 Å². The first kappa shape index (κ1) is 27.7. The standard InChI is InChI=1S/C23H24F3NO7S/c1-13(5-3-4-9-27-22(31)32)17-12-16(28)19(21(30)34-17)20(29)14(2)11-15-6-7-18(35-15)33-10-8-23(24,25)26/h4,6-7,9,11-13,27-28H,3,5,8,10H2,1-2H3,(H,31,32)/b9-4+,14-11+. The van der Waals surface area contributed by atoms with Crippen LogP contribution in [0.5, 0.6) is 10.8 Å². The van der Waals surface area contributed by atoms with E-state index in [0.29, 0.717) is 17.7 Å². The average Bonchev–Trinajstić information content (AvgIpc) is 3.18. The second kappa shape index (κ2) is 12.2. The summed E-state index contributed by atoms with van der Waals surface area (Å²) in [5, 5.41) is 21.2. The number of ketones is 1. The molecule has 0 aliphatic heterocycles. The van der Waals surface area contributed by atoms with Gasteiger partial charge in [0.05, 0.1) is 13.0 Å². The van der Waals surface area contributed by atoms with Crippen molar-refractivity contribution in [2.75, 3.05) is 6.61 Å². The number of allylic oxidation sites excluding steroid dienone is 2. The van der Waals surface area contributed by atoms with Crippen LogP contribution in [-0.4, -0.2) is 34.9 Å². The summed E-state index contributed by atoms with van der Waals surface area (Å²) in [5.74, 6) is -1.42. The molecular weight excluding hydrogens is 491 g/mol. The molecule has 2 heterocycles. The number of hydrogen-bond donors (Lipinski definition) is 3. The number of ether oxygens (including phenoxy) is 1. The molecule has 1 amide bonds. The van der Waals surface area contributed by atoms with Crippen LogP contribution in [0.4, 0.5) is 18.0 Å². The van der Waals surface area contributed by atoms with E-state index in [9.17, 15) is 32.7 Å². The van der Waals surface area contributed by atoms with Gasteiger partial charge in [0, 0.05) is 23.1 Å². The zero-order valence-electron chi connectivity index (χ0n) is 18.8. The van der Waals surface area contributed by atoms with Crippen molar-refractivity contribution in [2.45, 2.75) is 45.2 Å². The number of hydrogen-bond acceptors (Lipinski definition) is 7. The van der Waals surface area contributed by atoms with E-state index in [0.717, 1.165) is 11.3 Å². The van der Waals surface area contributed by atoms with Gasteiger partial charge in [-0.05, 0) is 43.5 Å². The molecular formula is C23H24F3NO7S. The zero-order valence-corrected chi connectivity index (χ0v) is 19.7. The van der Waals surface area contributed by atoms with Crippen LogP contribution in [0, 0.1) is 0 Å². The third-order valence-electron chi connectivity index (χ3n) is 4.70. The lowest BCUT2D eigenvalue weighted by Gasteiger charge is -2.11. The fourth-order valence-corrected chi connectivity index (χ4v) is 3.77. The van der Waals surface area contributed by atoms with E-state index in [1.165, 1.54) is 31.3 Å². The van der Waals surface area contributed by atoms with Crippen LogP contribution in [0.1, 0.15) is 60.0 Å². The molecule has 3 N–H and O–H groups in total. The molecule has 0 spiro atoms. The Balaban J connectivity index is 2.07. The molecule has 2 rings (SSSR count). The molecule has 35 heavy (non-hydrogen) atoms. The molecule has 1 unspecified atom stereocenters. The molecule has 190 valence electrons. The van der Waals surface area contributed by atoms with E-state index in [4.69, 9.17) is 14.3 Å². The molecule has 0 aliphatic rings. The summed E-state index contributed by atoms with van der Waals surface area (Å²) in [5.41, 5.74) is -1.43. The molecule has 8 nitrogen and oxygen atoms in total. The van der Waals surface area contributed by atoms with E-state index in [2.05, 4.69) is 5.32 Å². The van der Waals surface area contributed by atoms with Crippen LogP contribution in [0.2, 0.25) is 0 Å². The van der Waals surface area contributed by atoms with E-state index < -0.39 is 48.0 Å². The number of rotatable bonds is 11. The highest BCUT2D eigenvalue weighted by molar-refractivity contribution is 7.14. The maximum atomic E-state index is 12.8. The summed E-state index contributed by atoms with van der Waals surface area (Å²) < 4.78 is 47.0. The first-order chi connectivity index (χ1) is 16.4. The van der Waals surface area contributed by atoms with Gasteiger partial charge >= 0.3 is 17.9 Å². The molecule has 0 aromatic carbocycles. The topological polar surface area (TPSA) is 126 Å². The van der Waals surface area contributed by atoms with Gasteiger partial charge in [-0.15, -0.1) is 0 Å². The van der Waals surface area contributed by atoms with E-state index >= 15 is 0 Å². The second-order valence-electron chi connectivity index (χ2n) is 7.55. The predicted molar refractivity (Wildman–Crippen MR) is 123 cm³/mol. The van der Waals surface area contributed by atoms with Crippen molar-refractivity contribution >= 4 is 29.3 Å². The summed E-state index contributed by atoms with van der Waals surface area (Å²) in [6.45, 7) is 2.65. The lowest BCUT2D eigenvalue weighted by Crippen LogP contribution is -2.16. The average molecular weight is 516 g/mol. The van der Waals surface area contributed by atoms with Crippen molar-refractivity contribution in [3.05, 3.63) is 62.7 Å². The Morgan fingerprint density at radius 1 is 1.31 bits per heavy atom. The number of carboxylic acid groups (broad SMARTS) is 1. The molecule has 2 aromatic rings. The summed E-state index contributed by atoms with van der Waals surface area (Å²) in [4.78, 5) is 36.1. The number of halogens is 3. The van der Waals surface area contributed by atoms with Crippen LogP contribution in [0.15, 0.2) is 45.3 Å². The van der Waals surface area contributed by atoms with E-state index in [1.54, 1.807) is 19.1 Å². The molecule has 0 saturated heterocycles. The summed E-state index contributed by atoms with van der Waals surface area (Å²) in [6, 6.07) is 4.22. The molecule has 0 radical (unpaired) electrons. The van der Waals surface area contributed by atoms with Gasteiger partial charge in [0.15, 0.2) is 10.8 Å². The van der Waals surface area contributed by atoms with Crippen molar-refractivity contribution < 1.29 is 42.1 Å². The molecule has 12 heteroatoms. The van der Waals surface area contributed by atoms with Gasteiger partial charge in [0.1, 0.15) is 17.1 Å². The van der Waals surface area contributed by atoms with Crippen LogP contribution in [0.3, 0.4) is 0 Å². The molecule has 1 atom stereocenters. The first-order valence-corrected chi connectivity index (χ1v) is 11.2. The number of Topliss-reactive ketones (excluding diaryl/α,β-unsaturated/α-hetero) is 1. The smallest absolute Gasteiger partial charge is 0.408 e. The van der Waals surface area contributed by atoms with Gasteiger partial charge in [-0.3, -0.25) is 10.1 Å². The third kappa shape index (κ3) is 8.96. The van der Waals surface area contributed by atoms with Crippen molar-refractivity contribution in [3.63, 3.8) is 0 Å². The van der Waals surface area contributed by atoms with Crippen LogP contribution in [0.25, 0.3) is 6.08 Å². The van der Waals surface area contributed by atoms with Crippen molar-refractivity contribution in [3.8, 4) is 10.8 Å². The van der Waals surface area contributed by atoms with Crippen molar-refractivity contribution in [1.82, 2.24) is 5.32 Å². The monoisotopic (exact) mass is 515 g/mol. The minimum absolute atomic E-state index is 0.105. The fraction of sp³-hybridized carbons (Fsp3) is 0.348. The number of alkyl halides is 3. The molecule has 0 bridgehead atoms. The lowest BCUT2D eigenvalue weighted by molar-refractivity contribution is -0.139. The molecule has 0 fully saturated rings. The van der Waals surface area contributed by atoms with Gasteiger partial charge < -0.3 is 19.4 Å². The number of carbonyl (C=O) groups excluding carboxylic acids is 1. The summed E-state index contributed by atoms with van der Waals surface area (Å²) >= 11 is 1.03. The van der Waals surface area contributed by atoms with E-state index in [1.807, 2.05) is 0 Å². The molecule has 0 aliphatic carbocycles. The van der Waals surface area contributed by atoms with Crippen LogP contribution < -0.4 is 15.7 Å². The number of aromatic hydroxyl groups is 1. The predicted octanol–water partition coefficient (Wildman–Crippen LogP) is 5.69. The normalized spacial score (nSPS) is 13.1. The third-order valence-corrected chi connectivity index (χ3v) is 5.65. The number of nitrogens with one attached hydrogen (secondary N) is 1. The number of amides is 1. The van der Waals surface area contributed by atoms with Gasteiger partial charge in [0.2, 0.25) is 0 Å². The Labute approximate surface area is 202 Å². The first-order valence-electron chi connectivity index (χ1n) is 10.4. The van der Waals surface area contributed by atoms with Crippen LogP contribution in [-0.2, 0) is 0 Å². The molecule has 2 aromatic heterocycles. The highest BCUT2D eigenvalue weighted by Crippen LogP contribution is 2.29. The highest BCUT2D eigenvalue weighted by atomic mass is 32.1. The van der Waals surface area contributed by atoms with Gasteiger partial charge in [-0.1, -0.05) is 24.3 Å². The lowest BCUT2D eigenvalue weighted by atomic mass is 10.00. The minimum Gasteiger partial charge on any atom is -0.507 e. The minimum atomic E-state index is -4.32. The van der Waals surface area contributed by atoms with Crippen LogP contribution >= 0.6 is 11.3 Å². The van der Waals surface area contributed by atoms with Crippen molar-refractivity contribution in [1.29, 1.82) is 0 Å². The van der Waals surface area contributed by atoms with Gasteiger partial charge in [0.25, 0.3) is 0 Å².